The highest BCUT2D eigenvalue weighted by Crippen LogP contribution is 2.44. The highest BCUT2D eigenvalue weighted by atomic mass is 16.3. The van der Waals surface area contributed by atoms with Crippen molar-refractivity contribution in [2.45, 2.75) is 65.6 Å². The van der Waals surface area contributed by atoms with Crippen molar-refractivity contribution in [2.75, 3.05) is 0 Å². The predicted octanol–water partition coefficient (Wildman–Crippen LogP) is 3.40. The minimum Gasteiger partial charge on any atom is -0.466 e. The minimum absolute atomic E-state index is 0.0752. The summed E-state index contributed by atoms with van der Waals surface area (Å²) in [7, 11) is 0. The van der Waals surface area contributed by atoms with E-state index in [1.54, 1.807) is 0 Å². The average Bonchev–Trinajstić information content (AvgIpc) is 3.18. The second-order valence-electron chi connectivity index (χ2n) is 8.00. The highest BCUT2D eigenvalue weighted by Gasteiger charge is 2.37. The second-order valence-corrected chi connectivity index (χ2v) is 8.00. The van der Waals surface area contributed by atoms with Gasteiger partial charge in [-0.3, -0.25) is 4.79 Å². The van der Waals surface area contributed by atoms with Crippen LogP contribution in [-0.4, -0.2) is 20.9 Å². The highest BCUT2D eigenvalue weighted by molar-refractivity contribution is 5.50. The molecule has 5 nitrogen and oxygen atoms in total. The minimum atomic E-state index is 0.0752. The molecule has 128 valence electrons. The number of amides is 1. The Balaban J connectivity index is 1.66. The summed E-state index contributed by atoms with van der Waals surface area (Å²) in [6.45, 7) is 8.11. The molecule has 5 heteroatoms. The normalized spacial score (nSPS) is 21.4. The number of furan rings is 1. The lowest BCUT2D eigenvalue weighted by Gasteiger charge is -2.39. The molecule has 0 fully saturated rings. The number of hydrogen-bond acceptors (Lipinski definition) is 3. The Bertz CT molecular complexity index is 772. The number of rotatable bonds is 4. The van der Waals surface area contributed by atoms with E-state index in [4.69, 9.17) is 4.42 Å². The van der Waals surface area contributed by atoms with E-state index in [2.05, 4.69) is 29.5 Å². The van der Waals surface area contributed by atoms with Gasteiger partial charge < -0.3 is 13.9 Å². The molecule has 0 radical (unpaired) electrons. The molecule has 1 unspecified atom stereocenters. The van der Waals surface area contributed by atoms with Crippen LogP contribution in [0.25, 0.3) is 0 Å². The summed E-state index contributed by atoms with van der Waals surface area (Å²) < 4.78 is 8.19. The third kappa shape index (κ3) is 2.56. The quantitative estimate of drug-likeness (QED) is 0.809. The van der Waals surface area contributed by atoms with Crippen molar-refractivity contribution in [3.8, 4) is 0 Å². The largest absolute Gasteiger partial charge is 0.466 e. The van der Waals surface area contributed by atoms with Crippen molar-refractivity contribution in [3.63, 3.8) is 0 Å². The zero-order valence-electron chi connectivity index (χ0n) is 14.7. The van der Waals surface area contributed by atoms with Crippen molar-refractivity contribution in [2.24, 2.45) is 5.41 Å². The van der Waals surface area contributed by atoms with Gasteiger partial charge in [-0.05, 0) is 31.2 Å². The number of nitrogens with zero attached hydrogens (tertiary/aromatic N) is 3. The van der Waals surface area contributed by atoms with Gasteiger partial charge >= 0.3 is 0 Å². The lowest BCUT2D eigenvalue weighted by Crippen LogP contribution is -2.35. The van der Waals surface area contributed by atoms with Crippen LogP contribution in [0, 0.1) is 12.3 Å². The molecule has 1 aliphatic carbocycles. The topological polar surface area (TPSA) is 51.3 Å². The molecule has 2 aromatic rings. The lowest BCUT2D eigenvalue weighted by molar-refractivity contribution is -0.122. The van der Waals surface area contributed by atoms with Crippen molar-refractivity contribution in [3.05, 3.63) is 40.9 Å². The molecule has 1 atom stereocenters. The number of aromatic nitrogens is 2. The fraction of sp³-hybridized carbons (Fsp3) is 0.579. The molecule has 0 saturated carbocycles. The van der Waals surface area contributed by atoms with E-state index in [1.807, 2.05) is 18.0 Å². The van der Waals surface area contributed by atoms with Crippen molar-refractivity contribution >= 4 is 6.41 Å². The molecule has 0 saturated heterocycles. The Labute approximate surface area is 142 Å². The summed E-state index contributed by atoms with van der Waals surface area (Å²) in [5.41, 5.74) is 2.45. The Kier molecular flexibility index (Phi) is 3.55. The van der Waals surface area contributed by atoms with Crippen LogP contribution in [0.2, 0.25) is 0 Å². The second kappa shape index (κ2) is 5.50. The third-order valence-corrected chi connectivity index (χ3v) is 5.39. The van der Waals surface area contributed by atoms with E-state index < -0.39 is 0 Å². The summed E-state index contributed by atoms with van der Waals surface area (Å²) in [5.74, 6) is 3.12. The first-order valence-corrected chi connectivity index (χ1v) is 8.80. The maximum Gasteiger partial charge on any atom is 0.210 e. The van der Waals surface area contributed by atoms with Crippen molar-refractivity contribution in [1.82, 2.24) is 14.5 Å². The molecule has 2 aliphatic rings. The van der Waals surface area contributed by atoms with Gasteiger partial charge in [0, 0.05) is 24.9 Å². The fourth-order valence-corrected chi connectivity index (χ4v) is 4.29. The van der Waals surface area contributed by atoms with Crippen LogP contribution in [0.3, 0.4) is 0 Å². The van der Waals surface area contributed by atoms with Gasteiger partial charge in [0.2, 0.25) is 6.41 Å². The zero-order chi connectivity index (χ0) is 16.9. The summed E-state index contributed by atoms with van der Waals surface area (Å²) in [6.07, 6.45) is 7.01. The monoisotopic (exact) mass is 327 g/mol. The molecule has 2 aromatic heterocycles. The lowest BCUT2D eigenvalue weighted by atomic mass is 9.74. The molecule has 1 amide bonds. The van der Waals surface area contributed by atoms with Gasteiger partial charge in [0.05, 0.1) is 24.5 Å². The van der Waals surface area contributed by atoms with Crippen LogP contribution in [-0.2, 0) is 30.7 Å². The van der Waals surface area contributed by atoms with Crippen LogP contribution >= 0.6 is 0 Å². The van der Waals surface area contributed by atoms with Crippen LogP contribution in [0.5, 0.6) is 0 Å². The van der Waals surface area contributed by atoms with E-state index in [0.29, 0.717) is 6.54 Å². The first kappa shape index (κ1) is 15.5. The van der Waals surface area contributed by atoms with E-state index >= 15 is 0 Å². The van der Waals surface area contributed by atoms with Crippen LogP contribution in [0.15, 0.2) is 16.7 Å². The molecule has 4 rings (SSSR count). The van der Waals surface area contributed by atoms with Gasteiger partial charge in [-0.2, -0.15) is 0 Å². The maximum absolute atomic E-state index is 11.9. The SMILES string of the molecule is Cc1cc2c(o1)CC(C)(C)CC2N(C=O)Cc1cnc2n1CCC2. The maximum atomic E-state index is 11.9. The number of imidazole rings is 1. The molecule has 3 heterocycles. The Morgan fingerprint density at radius 3 is 3.12 bits per heavy atom. The first-order valence-electron chi connectivity index (χ1n) is 8.80. The Morgan fingerprint density at radius 1 is 1.50 bits per heavy atom. The summed E-state index contributed by atoms with van der Waals surface area (Å²) >= 11 is 0. The number of aryl methyl sites for hydroxylation is 2. The molecule has 0 spiro atoms. The van der Waals surface area contributed by atoms with Gasteiger partial charge in [0.1, 0.15) is 17.3 Å². The zero-order valence-corrected chi connectivity index (χ0v) is 14.7. The number of hydrogen-bond donors (Lipinski definition) is 0. The van der Waals surface area contributed by atoms with E-state index in [0.717, 1.165) is 61.7 Å². The molecular weight excluding hydrogens is 302 g/mol. The smallest absolute Gasteiger partial charge is 0.210 e. The Morgan fingerprint density at radius 2 is 2.33 bits per heavy atom. The number of fused-ring (bicyclic) bond motifs is 2. The van der Waals surface area contributed by atoms with E-state index in [1.165, 1.54) is 5.56 Å². The van der Waals surface area contributed by atoms with Crippen LogP contribution < -0.4 is 0 Å². The predicted molar refractivity (Wildman–Crippen MR) is 90.4 cm³/mol. The van der Waals surface area contributed by atoms with E-state index in [9.17, 15) is 4.79 Å². The molecule has 0 N–H and O–H groups in total. The van der Waals surface area contributed by atoms with Crippen LogP contribution in [0.1, 0.15) is 61.3 Å². The average molecular weight is 327 g/mol. The molecule has 0 bridgehead atoms. The molecule has 24 heavy (non-hydrogen) atoms. The third-order valence-electron chi connectivity index (χ3n) is 5.39. The summed E-state index contributed by atoms with van der Waals surface area (Å²) in [6, 6.07) is 2.18. The molecule has 0 aromatic carbocycles. The van der Waals surface area contributed by atoms with Crippen molar-refractivity contribution in [1.29, 1.82) is 0 Å². The van der Waals surface area contributed by atoms with Gasteiger partial charge in [-0.1, -0.05) is 13.8 Å². The standard InChI is InChI=1S/C19H25N3O2/c1-13-7-15-16(8-19(2,3)9-17(15)24-13)21(12-23)11-14-10-20-18-5-4-6-22(14)18/h7,10,12,16H,4-6,8-9,11H2,1-3H3. The van der Waals surface area contributed by atoms with Gasteiger partial charge in [0.15, 0.2) is 0 Å². The Hall–Kier alpha value is -2.04. The first-order chi connectivity index (χ1) is 11.5. The van der Waals surface area contributed by atoms with Gasteiger partial charge in [-0.25, -0.2) is 4.98 Å². The van der Waals surface area contributed by atoms with Crippen LogP contribution in [0.4, 0.5) is 0 Å². The fourth-order valence-electron chi connectivity index (χ4n) is 4.29. The van der Waals surface area contributed by atoms with Crippen molar-refractivity contribution < 1.29 is 9.21 Å². The summed E-state index contributed by atoms with van der Waals surface area (Å²) in [4.78, 5) is 18.4. The summed E-state index contributed by atoms with van der Waals surface area (Å²) in [5, 5.41) is 0. The van der Waals surface area contributed by atoms with Gasteiger partial charge in [0.25, 0.3) is 0 Å². The number of carbonyl (C=O) groups is 1. The van der Waals surface area contributed by atoms with E-state index in [-0.39, 0.29) is 11.5 Å². The molecular formula is C19H25N3O2. The molecule has 1 aliphatic heterocycles. The number of carbonyl (C=O) groups excluding carboxylic acids is 1. The van der Waals surface area contributed by atoms with Gasteiger partial charge in [-0.15, -0.1) is 0 Å².